The molecule has 106 valence electrons. The summed E-state index contributed by atoms with van der Waals surface area (Å²) in [6.07, 6.45) is 1.16. The summed E-state index contributed by atoms with van der Waals surface area (Å²) in [5.74, 6) is 0.703. The van der Waals surface area contributed by atoms with Crippen molar-refractivity contribution in [1.29, 1.82) is 0 Å². The minimum Gasteiger partial charge on any atom is -0.397 e. The summed E-state index contributed by atoms with van der Waals surface area (Å²) in [5, 5.41) is 0.692. The molecule has 2 rings (SSSR count). The van der Waals surface area contributed by atoms with Crippen molar-refractivity contribution in [1.82, 2.24) is 0 Å². The highest BCUT2D eigenvalue weighted by molar-refractivity contribution is 7.98. The Morgan fingerprint density at radius 1 is 1.15 bits per heavy atom. The van der Waals surface area contributed by atoms with E-state index in [9.17, 15) is 8.42 Å². The predicted molar refractivity (Wildman–Crippen MR) is 85.0 cm³/mol. The van der Waals surface area contributed by atoms with E-state index in [0.717, 1.165) is 16.7 Å². The number of sulfone groups is 1. The van der Waals surface area contributed by atoms with E-state index in [1.807, 2.05) is 30.3 Å². The Morgan fingerprint density at radius 3 is 2.40 bits per heavy atom. The Morgan fingerprint density at radius 2 is 1.80 bits per heavy atom. The van der Waals surface area contributed by atoms with Gasteiger partial charge >= 0.3 is 0 Å². The maximum absolute atomic E-state index is 11.6. The Bertz CT molecular complexity index is 712. The number of nitrogen functional groups attached to an aromatic ring is 1. The zero-order valence-corrected chi connectivity index (χ0v) is 13.2. The Labute approximate surface area is 128 Å². The van der Waals surface area contributed by atoms with Crippen LogP contribution in [0.25, 0.3) is 0 Å². The van der Waals surface area contributed by atoms with Gasteiger partial charge in [-0.05, 0) is 29.8 Å². The number of halogens is 1. The van der Waals surface area contributed by atoms with Gasteiger partial charge in [0, 0.05) is 21.9 Å². The van der Waals surface area contributed by atoms with Crippen LogP contribution in [0.4, 0.5) is 5.69 Å². The highest BCUT2D eigenvalue weighted by atomic mass is 35.5. The Kier molecular flexibility index (Phi) is 4.62. The van der Waals surface area contributed by atoms with Crippen molar-refractivity contribution in [2.75, 3.05) is 12.0 Å². The van der Waals surface area contributed by atoms with Crippen molar-refractivity contribution in [3.8, 4) is 0 Å². The van der Waals surface area contributed by atoms with Gasteiger partial charge in [0.05, 0.1) is 10.6 Å². The van der Waals surface area contributed by atoms with Crippen molar-refractivity contribution in [3.05, 3.63) is 53.1 Å². The van der Waals surface area contributed by atoms with E-state index in [1.165, 1.54) is 17.8 Å². The smallest absolute Gasteiger partial charge is 0.177 e. The molecular weight excluding hydrogens is 314 g/mol. The van der Waals surface area contributed by atoms with Crippen molar-refractivity contribution in [2.24, 2.45) is 0 Å². The molecule has 0 unspecified atom stereocenters. The molecular formula is C14H14ClNO2S2. The van der Waals surface area contributed by atoms with Crippen LogP contribution in [-0.4, -0.2) is 14.7 Å². The van der Waals surface area contributed by atoms with Crippen molar-refractivity contribution in [2.45, 2.75) is 15.5 Å². The van der Waals surface area contributed by atoms with Gasteiger partial charge in [-0.25, -0.2) is 8.42 Å². The average molecular weight is 328 g/mol. The number of nitrogens with two attached hydrogens (primary N) is 1. The first kappa shape index (κ1) is 15.2. The van der Waals surface area contributed by atoms with Crippen LogP contribution < -0.4 is 5.73 Å². The molecule has 2 aromatic rings. The zero-order chi connectivity index (χ0) is 14.8. The van der Waals surface area contributed by atoms with E-state index >= 15 is 0 Å². The fourth-order valence-corrected chi connectivity index (χ4v) is 3.70. The molecule has 0 spiro atoms. The lowest BCUT2D eigenvalue weighted by atomic mass is 10.2. The molecule has 3 nitrogen and oxygen atoms in total. The second-order valence-electron chi connectivity index (χ2n) is 4.36. The van der Waals surface area contributed by atoms with E-state index in [1.54, 1.807) is 6.07 Å². The van der Waals surface area contributed by atoms with Crippen LogP contribution in [0.1, 0.15) is 5.56 Å². The second kappa shape index (κ2) is 6.08. The highest BCUT2D eigenvalue weighted by Crippen LogP contribution is 2.32. The fraction of sp³-hybridized carbons (Fsp3) is 0.143. The fourth-order valence-electron chi connectivity index (χ4n) is 1.71. The zero-order valence-electron chi connectivity index (χ0n) is 10.8. The molecule has 20 heavy (non-hydrogen) atoms. The van der Waals surface area contributed by atoms with Crippen LogP contribution in [0.15, 0.2) is 52.3 Å². The molecule has 0 radical (unpaired) electrons. The molecule has 0 aliphatic heterocycles. The average Bonchev–Trinajstić information content (AvgIpc) is 2.38. The van der Waals surface area contributed by atoms with E-state index in [4.69, 9.17) is 17.3 Å². The predicted octanol–water partition coefficient (Wildman–Crippen LogP) is 3.62. The largest absolute Gasteiger partial charge is 0.397 e. The lowest BCUT2D eigenvalue weighted by Crippen LogP contribution is -2.03. The summed E-state index contributed by atoms with van der Waals surface area (Å²) >= 11 is 7.34. The van der Waals surface area contributed by atoms with Crippen LogP contribution in [-0.2, 0) is 15.6 Å². The molecule has 2 N–H and O–H groups in total. The molecule has 6 heteroatoms. The van der Waals surface area contributed by atoms with Gasteiger partial charge in [-0.2, -0.15) is 0 Å². The van der Waals surface area contributed by atoms with Crippen LogP contribution in [0, 0.1) is 0 Å². The van der Waals surface area contributed by atoms with Crippen molar-refractivity contribution >= 4 is 38.9 Å². The SMILES string of the molecule is CS(=O)(=O)c1cccc(SCc2ccc(Cl)cc2)c1N. The van der Waals surface area contributed by atoms with Crippen LogP contribution in [0.2, 0.25) is 5.02 Å². The lowest BCUT2D eigenvalue weighted by molar-refractivity contribution is 0.602. The molecule has 0 saturated carbocycles. The number of benzene rings is 2. The quantitative estimate of drug-likeness (QED) is 0.688. The van der Waals surface area contributed by atoms with Gasteiger partial charge in [-0.1, -0.05) is 29.8 Å². The minimum absolute atomic E-state index is 0.179. The first-order chi connectivity index (χ1) is 9.38. The summed E-state index contributed by atoms with van der Waals surface area (Å²) < 4.78 is 23.2. The standard InChI is InChI=1S/C14H14ClNO2S2/c1-20(17,18)13-4-2-3-12(14(13)16)19-9-10-5-7-11(15)8-6-10/h2-8H,9,16H2,1H3. The van der Waals surface area contributed by atoms with Crippen LogP contribution >= 0.6 is 23.4 Å². The van der Waals surface area contributed by atoms with Crippen LogP contribution in [0.3, 0.4) is 0 Å². The van der Waals surface area contributed by atoms with Crippen molar-refractivity contribution < 1.29 is 8.42 Å². The topological polar surface area (TPSA) is 60.2 Å². The van der Waals surface area contributed by atoms with Crippen molar-refractivity contribution in [3.63, 3.8) is 0 Å². The first-order valence-electron chi connectivity index (χ1n) is 5.84. The monoisotopic (exact) mass is 327 g/mol. The maximum Gasteiger partial charge on any atom is 0.177 e. The van der Waals surface area contributed by atoms with Gasteiger partial charge < -0.3 is 5.73 Å². The third-order valence-electron chi connectivity index (χ3n) is 2.73. The molecule has 0 amide bonds. The lowest BCUT2D eigenvalue weighted by Gasteiger charge is -2.09. The molecule has 0 bridgehead atoms. The van der Waals surface area contributed by atoms with Gasteiger partial charge in [-0.15, -0.1) is 11.8 Å². The summed E-state index contributed by atoms with van der Waals surface area (Å²) in [6, 6.07) is 12.6. The summed E-state index contributed by atoms with van der Waals surface area (Å²) in [6.45, 7) is 0. The normalized spacial score (nSPS) is 11.5. The molecule has 2 aromatic carbocycles. The molecule has 0 aromatic heterocycles. The summed E-state index contributed by atoms with van der Waals surface area (Å²) in [5.41, 5.74) is 7.35. The van der Waals surface area contributed by atoms with E-state index in [0.29, 0.717) is 16.5 Å². The molecule has 0 aliphatic carbocycles. The van der Waals surface area contributed by atoms with Gasteiger partial charge in [0.1, 0.15) is 0 Å². The van der Waals surface area contributed by atoms with Gasteiger partial charge in [0.25, 0.3) is 0 Å². The van der Waals surface area contributed by atoms with Crippen LogP contribution in [0.5, 0.6) is 0 Å². The Hall–Kier alpha value is -1.17. The van der Waals surface area contributed by atoms with Gasteiger partial charge in [0.2, 0.25) is 0 Å². The highest BCUT2D eigenvalue weighted by Gasteiger charge is 2.14. The molecule has 0 heterocycles. The third kappa shape index (κ3) is 3.69. The molecule has 0 aliphatic rings. The first-order valence-corrected chi connectivity index (χ1v) is 9.09. The van der Waals surface area contributed by atoms with E-state index in [-0.39, 0.29) is 4.90 Å². The molecule has 0 fully saturated rings. The molecule has 0 saturated heterocycles. The van der Waals surface area contributed by atoms with Gasteiger partial charge in [0.15, 0.2) is 9.84 Å². The number of para-hydroxylation sites is 1. The summed E-state index contributed by atoms with van der Waals surface area (Å²) in [7, 11) is -3.30. The summed E-state index contributed by atoms with van der Waals surface area (Å²) in [4.78, 5) is 0.946. The van der Waals surface area contributed by atoms with E-state index < -0.39 is 9.84 Å². The third-order valence-corrected chi connectivity index (χ3v) is 5.28. The Balaban J connectivity index is 2.20. The number of rotatable bonds is 4. The number of anilines is 1. The van der Waals surface area contributed by atoms with Gasteiger partial charge in [-0.3, -0.25) is 0 Å². The maximum atomic E-state index is 11.6. The minimum atomic E-state index is -3.30. The number of hydrogen-bond acceptors (Lipinski definition) is 4. The van der Waals surface area contributed by atoms with E-state index in [2.05, 4.69) is 0 Å². The number of thioether (sulfide) groups is 1. The molecule has 0 atom stereocenters. The number of hydrogen-bond donors (Lipinski definition) is 1. The second-order valence-corrected chi connectivity index (χ2v) is 7.79.